The fourth-order valence-electron chi connectivity index (χ4n) is 3.15. The molecule has 1 unspecified atom stereocenters. The van der Waals surface area contributed by atoms with Crippen molar-refractivity contribution in [3.63, 3.8) is 0 Å². The molecule has 3 heterocycles. The van der Waals surface area contributed by atoms with Gasteiger partial charge in [0.2, 0.25) is 5.91 Å². The highest BCUT2D eigenvalue weighted by Crippen LogP contribution is 2.33. The highest BCUT2D eigenvalue weighted by atomic mass is 16.6. The summed E-state index contributed by atoms with van der Waals surface area (Å²) in [6.07, 6.45) is 0.960. The number of hydrogen-bond acceptors (Lipinski definition) is 6. The van der Waals surface area contributed by atoms with Gasteiger partial charge in [0, 0.05) is 36.8 Å². The van der Waals surface area contributed by atoms with Crippen molar-refractivity contribution >= 4 is 17.7 Å². The Morgan fingerprint density at radius 2 is 2.24 bits per heavy atom. The third-order valence-electron chi connectivity index (χ3n) is 4.37. The average molecular weight is 342 g/mol. The van der Waals surface area contributed by atoms with Crippen molar-refractivity contribution < 1.29 is 18.8 Å². The lowest BCUT2D eigenvalue weighted by molar-refractivity contribution is -0.119. The Bertz CT molecular complexity index is 832. The first-order chi connectivity index (χ1) is 12.1. The van der Waals surface area contributed by atoms with Crippen molar-refractivity contribution in [3.05, 3.63) is 35.5 Å². The molecule has 1 atom stereocenters. The van der Waals surface area contributed by atoms with Gasteiger partial charge in [-0.3, -0.25) is 9.69 Å². The van der Waals surface area contributed by atoms with Crippen LogP contribution < -0.4 is 15.5 Å². The third kappa shape index (κ3) is 2.96. The van der Waals surface area contributed by atoms with Crippen LogP contribution in [0.3, 0.4) is 0 Å². The number of nitrogens with one attached hydrogen (secondary N) is 2. The molecule has 0 bridgehead atoms. The number of rotatable bonds is 3. The molecule has 4 rings (SSSR count). The Balaban J connectivity index is 1.58. The lowest BCUT2D eigenvalue weighted by Crippen LogP contribution is -2.33. The predicted molar refractivity (Wildman–Crippen MR) is 88.8 cm³/mol. The third-order valence-corrected chi connectivity index (χ3v) is 4.37. The summed E-state index contributed by atoms with van der Waals surface area (Å²) in [6.45, 7) is 3.51. The molecule has 0 spiro atoms. The summed E-state index contributed by atoms with van der Waals surface area (Å²) in [4.78, 5) is 24.8. The first-order valence-corrected chi connectivity index (χ1v) is 8.12. The second-order valence-electron chi connectivity index (χ2n) is 6.18. The summed E-state index contributed by atoms with van der Waals surface area (Å²) in [6, 6.07) is 5.77. The molecule has 1 aromatic heterocycles. The first-order valence-electron chi connectivity index (χ1n) is 8.12. The first kappa shape index (κ1) is 15.6. The molecule has 2 aromatic rings. The molecule has 2 aliphatic heterocycles. The van der Waals surface area contributed by atoms with Gasteiger partial charge in [-0.05, 0) is 23.8 Å². The van der Waals surface area contributed by atoms with Gasteiger partial charge in [0.15, 0.2) is 5.76 Å². The summed E-state index contributed by atoms with van der Waals surface area (Å²) in [7, 11) is 0. The summed E-state index contributed by atoms with van der Waals surface area (Å²) < 4.78 is 10.7. The van der Waals surface area contributed by atoms with Crippen LogP contribution in [0.25, 0.3) is 11.3 Å². The second-order valence-corrected chi connectivity index (χ2v) is 6.18. The van der Waals surface area contributed by atoms with E-state index in [1.165, 1.54) is 6.92 Å². The van der Waals surface area contributed by atoms with E-state index in [-0.39, 0.29) is 12.0 Å². The molecule has 0 radical (unpaired) electrons. The summed E-state index contributed by atoms with van der Waals surface area (Å²) >= 11 is 0. The number of amides is 2. The second kappa shape index (κ2) is 6.21. The molecule has 8 heteroatoms. The van der Waals surface area contributed by atoms with Crippen LogP contribution >= 0.6 is 0 Å². The Hall–Kier alpha value is -2.87. The number of carbonyl (C=O) groups is 2. The molecule has 1 saturated heterocycles. The average Bonchev–Trinajstić information content (AvgIpc) is 3.15. The van der Waals surface area contributed by atoms with Crippen molar-refractivity contribution in [2.24, 2.45) is 0 Å². The van der Waals surface area contributed by atoms with E-state index in [0.29, 0.717) is 26.2 Å². The van der Waals surface area contributed by atoms with E-state index in [0.717, 1.165) is 28.1 Å². The van der Waals surface area contributed by atoms with E-state index in [1.807, 2.05) is 18.2 Å². The summed E-state index contributed by atoms with van der Waals surface area (Å²) in [5.74, 6) is 0.618. The fourth-order valence-corrected chi connectivity index (χ4v) is 3.15. The van der Waals surface area contributed by atoms with E-state index in [4.69, 9.17) is 9.26 Å². The monoisotopic (exact) mass is 342 g/mol. The minimum Gasteiger partial charge on any atom is -0.442 e. The number of fused-ring (bicyclic) bond motifs is 3. The molecular weight excluding hydrogens is 324 g/mol. The van der Waals surface area contributed by atoms with Crippen LogP contribution in [-0.4, -0.2) is 36.4 Å². The van der Waals surface area contributed by atoms with Crippen molar-refractivity contribution in [1.29, 1.82) is 0 Å². The number of hydrogen-bond donors (Lipinski definition) is 2. The number of anilines is 1. The molecule has 25 heavy (non-hydrogen) atoms. The van der Waals surface area contributed by atoms with E-state index < -0.39 is 6.09 Å². The normalized spacial score (nSPS) is 19.0. The lowest BCUT2D eigenvalue weighted by atomic mass is 10.0. The lowest BCUT2D eigenvalue weighted by Gasteiger charge is -2.15. The molecule has 1 aromatic carbocycles. The van der Waals surface area contributed by atoms with E-state index in [2.05, 4.69) is 15.8 Å². The number of nitrogens with zero attached hydrogens (tertiary/aromatic N) is 2. The van der Waals surface area contributed by atoms with Crippen molar-refractivity contribution in [2.45, 2.75) is 26.1 Å². The molecule has 0 aliphatic carbocycles. The zero-order valence-corrected chi connectivity index (χ0v) is 13.7. The largest absolute Gasteiger partial charge is 0.442 e. The maximum Gasteiger partial charge on any atom is 0.414 e. The molecular formula is C17H18N4O4. The summed E-state index contributed by atoms with van der Waals surface area (Å²) in [5, 5.41) is 9.88. The van der Waals surface area contributed by atoms with Gasteiger partial charge in [-0.25, -0.2) is 4.79 Å². The van der Waals surface area contributed by atoms with Crippen LogP contribution in [0.4, 0.5) is 10.5 Å². The zero-order valence-electron chi connectivity index (χ0n) is 13.7. The number of benzene rings is 1. The SMILES string of the molecule is CC(=O)NCC1CN(c2ccc3c(c2)CNCc2cnoc2-3)C(=O)O1. The van der Waals surface area contributed by atoms with Gasteiger partial charge in [0.1, 0.15) is 6.10 Å². The maximum atomic E-state index is 12.2. The van der Waals surface area contributed by atoms with Gasteiger partial charge >= 0.3 is 6.09 Å². The summed E-state index contributed by atoms with van der Waals surface area (Å²) in [5.41, 5.74) is 3.79. The molecule has 1 fully saturated rings. The molecule has 2 amide bonds. The van der Waals surface area contributed by atoms with Gasteiger partial charge < -0.3 is 19.9 Å². The minimum absolute atomic E-state index is 0.145. The van der Waals surface area contributed by atoms with E-state index in [9.17, 15) is 9.59 Å². The Kier molecular flexibility index (Phi) is 3.89. The predicted octanol–water partition coefficient (Wildman–Crippen LogP) is 1.41. The maximum absolute atomic E-state index is 12.2. The molecule has 130 valence electrons. The van der Waals surface area contributed by atoms with E-state index >= 15 is 0 Å². The standard InChI is InChI=1S/C17H18N4O4/c1-10(22)19-8-14-9-21(17(23)24-14)13-2-3-15-11(4-13)5-18-6-12-7-20-25-16(12)15/h2-4,7,14,18H,5-6,8-9H2,1H3,(H,19,22). The minimum atomic E-state index is -0.405. The quantitative estimate of drug-likeness (QED) is 0.875. The van der Waals surface area contributed by atoms with Crippen LogP contribution in [0.2, 0.25) is 0 Å². The van der Waals surface area contributed by atoms with Gasteiger partial charge in [-0.15, -0.1) is 0 Å². The van der Waals surface area contributed by atoms with Crippen molar-refractivity contribution in [1.82, 2.24) is 15.8 Å². The highest BCUT2D eigenvalue weighted by molar-refractivity contribution is 5.90. The van der Waals surface area contributed by atoms with E-state index in [1.54, 1.807) is 11.1 Å². The number of cyclic esters (lactones) is 1. The number of aromatic nitrogens is 1. The van der Waals surface area contributed by atoms with Crippen LogP contribution in [0.1, 0.15) is 18.1 Å². The van der Waals surface area contributed by atoms with Crippen LogP contribution in [0.5, 0.6) is 0 Å². The van der Waals surface area contributed by atoms with Crippen LogP contribution in [0, 0.1) is 0 Å². The Morgan fingerprint density at radius 3 is 3.08 bits per heavy atom. The molecule has 2 aliphatic rings. The van der Waals surface area contributed by atoms with Crippen molar-refractivity contribution in [3.8, 4) is 11.3 Å². The molecule has 2 N–H and O–H groups in total. The Labute approximate surface area is 144 Å². The Morgan fingerprint density at radius 1 is 1.40 bits per heavy atom. The zero-order chi connectivity index (χ0) is 17.4. The van der Waals surface area contributed by atoms with Crippen LogP contribution in [0.15, 0.2) is 28.9 Å². The number of carbonyl (C=O) groups excluding carboxylic acids is 2. The number of ether oxygens (including phenoxy) is 1. The van der Waals surface area contributed by atoms with Gasteiger partial charge in [-0.2, -0.15) is 0 Å². The van der Waals surface area contributed by atoms with Crippen LogP contribution in [-0.2, 0) is 22.6 Å². The fraction of sp³-hybridized carbons (Fsp3) is 0.353. The van der Waals surface area contributed by atoms with Gasteiger partial charge in [-0.1, -0.05) is 5.16 Å². The van der Waals surface area contributed by atoms with Gasteiger partial charge in [0.25, 0.3) is 0 Å². The molecule has 0 saturated carbocycles. The highest BCUT2D eigenvalue weighted by Gasteiger charge is 2.33. The van der Waals surface area contributed by atoms with Gasteiger partial charge in [0.05, 0.1) is 19.3 Å². The smallest absolute Gasteiger partial charge is 0.414 e. The topological polar surface area (TPSA) is 96.7 Å². The molecule has 8 nitrogen and oxygen atoms in total. The van der Waals surface area contributed by atoms with Crippen molar-refractivity contribution in [2.75, 3.05) is 18.0 Å².